The number of aryl methyl sites for hydroxylation is 1. The molecule has 2 aliphatic rings. The van der Waals surface area contributed by atoms with Crippen LogP contribution in [0.2, 0.25) is 0 Å². The molecular weight excluding hydrogens is 240 g/mol. The van der Waals surface area contributed by atoms with Gasteiger partial charge in [0.05, 0.1) is 11.9 Å². The fourth-order valence-electron chi connectivity index (χ4n) is 3.58. The summed E-state index contributed by atoms with van der Waals surface area (Å²) >= 11 is 0. The number of carbonyl (C=O) groups is 1. The Balaban J connectivity index is 1.54. The Morgan fingerprint density at radius 3 is 2.95 bits per heavy atom. The molecule has 104 valence electrons. The molecule has 1 aromatic heterocycles. The average Bonchev–Trinajstić information content (AvgIpc) is 3.08. The first-order valence-corrected chi connectivity index (χ1v) is 7.47. The topological polar surface area (TPSA) is 39.4 Å². The van der Waals surface area contributed by atoms with E-state index in [1.807, 2.05) is 12.1 Å². The Bertz CT molecular complexity index is 415. The standard InChI is InChI=1S/C16H22O3/c17-15(6-5-14-4-3-10-18-14)13-7-11-19-16(12-13)8-1-2-9-16/h3-4,10,13H,1-2,5-9,11-12H2. The van der Waals surface area contributed by atoms with E-state index in [1.54, 1.807) is 6.26 Å². The van der Waals surface area contributed by atoms with Crippen LogP contribution in [0.15, 0.2) is 22.8 Å². The van der Waals surface area contributed by atoms with Crippen LogP contribution in [-0.2, 0) is 16.0 Å². The highest BCUT2D eigenvalue weighted by Gasteiger charge is 2.41. The smallest absolute Gasteiger partial charge is 0.136 e. The maximum absolute atomic E-state index is 12.3. The molecule has 3 heteroatoms. The van der Waals surface area contributed by atoms with Crippen molar-refractivity contribution in [3.8, 4) is 0 Å². The van der Waals surface area contributed by atoms with Crippen molar-refractivity contribution in [3.63, 3.8) is 0 Å². The third-order valence-electron chi connectivity index (χ3n) is 4.66. The number of rotatable bonds is 4. The van der Waals surface area contributed by atoms with Gasteiger partial charge in [0.1, 0.15) is 11.5 Å². The average molecular weight is 262 g/mol. The molecule has 1 aliphatic heterocycles. The molecule has 3 nitrogen and oxygen atoms in total. The predicted molar refractivity (Wildman–Crippen MR) is 71.9 cm³/mol. The van der Waals surface area contributed by atoms with Crippen molar-refractivity contribution in [2.45, 2.75) is 57.0 Å². The number of carbonyl (C=O) groups excluding carboxylic acids is 1. The van der Waals surface area contributed by atoms with Gasteiger partial charge in [-0.3, -0.25) is 4.79 Å². The van der Waals surface area contributed by atoms with E-state index in [0.717, 1.165) is 44.5 Å². The SMILES string of the molecule is O=C(CCc1ccco1)C1CCOC2(CCCC2)C1. The van der Waals surface area contributed by atoms with Gasteiger partial charge in [-0.05, 0) is 37.8 Å². The summed E-state index contributed by atoms with van der Waals surface area (Å²) in [5.41, 5.74) is 0.0449. The van der Waals surface area contributed by atoms with Gasteiger partial charge in [0, 0.05) is 25.4 Å². The van der Waals surface area contributed by atoms with Gasteiger partial charge >= 0.3 is 0 Å². The zero-order chi connectivity index (χ0) is 13.1. The van der Waals surface area contributed by atoms with Crippen LogP contribution in [0.5, 0.6) is 0 Å². The van der Waals surface area contributed by atoms with Crippen LogP contribution in [-0.4, -0.2) is 18.0 Å². The minimum Gasteiger partial charge on any atom is -0.469 e. The Kier molecular flexibility index (Phi) is 3.74. The van der Waals surface area contributed by atoms with Gasteiger partial charge in [0.15, 0.2) is 0 Å². The molecule has 1 atom stereocenters. The Morgan fingerprint density at radius 2 is 2.21 bits per heavy atom. The molecule has 19 heavy (non-hydrogen) atoms. The van der Waals surface area contributed by atoms with Crippen LogP contribution in [0.25, 0.3) is 0 Å². The fraction of sp³-hybridized carbons (Fsp3) is 0.688. The van der Waals surface area contributed by atoms with Crippen molar-refractivity contribution in [2.75, 3.05) is 6.61 Å². The molecule has 0 radical (unpaired) electrons. The summed E-state index contributed by atoms with van der Waals surface area (Å²) in [5, 5.41) is 0. The molecule has 3 rings (SSSR count). The maximum Gasteiger partial charge on any atom is 0.136 e. The lowest BCUT2D eigenvalue weighted by atomic mass is 9.81. The molecule has 0 bridgehead atoms. The van der Waals surface area contributed by atoms with Crippen LogP contribution in [0, 0.1) is 5.92 Å². The quantitative estimate of drug-likeness (QED) is 0.833. The highest BCUT2D eigenvalue weighted by Crippen LogP contribution is 2.42. The lowest BCUT2D eigenvalue weighted by Crippen LogP contribution is -2.39. The van der Waals surface area contributed by atoms with E-state index >= 15 is 0 Å². The van der Waals surface area contributed by atoms with Gasteiger partial charge in [-0.1, -0.05) is 12.8 Å². The van der Waals surface area contributed by atoms with Gasteiger partial charge in [0.25, 0.3) is 0 Å². The zero-order valence-corrected chi connectivity index (χ0v) is 11.4. The second-order valence-electron chi connectivity index (χ2n) is 5.97. The minimum atomic E-state index is 0.0449. The van der Waals surface area contributed by atoms with Crippen molar-refractivity contribution in [2.24, 2.45) is 5.92 Å². The number of ketones is 1. The molecule has 0 amide bonds. The van der Waals surface area contributed by atoms with E-state index in [1.165, 1.54) is 12.8 Å². The van der Waals surface area contributed by atoms with E-state index in [-0.39, 0.29) is 11.5 Å². The third-order valence-corrected chi connectivity index (χ3v) is 4.66. The minimum absolute atomic E-state index is 0.0449. The third kappa shape index (κ3) is 2.92. The summed E-state index contributed by atoms with van der Waals surface area (Å²) in [5.74, 6) is 1.52. The second kappa shape index (κ2) is 5.49. The van der Waals surface area contributed by atoms with Gasteiger partial charge in [0.2, 0.25) is 0 Å². The molecule has 1 aliphatic carbocycles. The highest BCUT2D eigenvalue weighted by molar-refractivity contribution is 5.81. The molecule has 1 spiro atoms. The Labute approximate surface area is 114 Å². The van der Waals surface area contributed by atoms with Crippen molar-refractivity contribution >= 4 is 5.78 Å². The number of Topliss-reactive ketones (excluding diaryl/α,β-unsaturated/α-hetero) is 1. The lowest BCUT2D eigenvalue weighted by Gasteiger charge is -2.37. The van der Waals surface area contributed by atoms with Crippen molar-refractivity contribution < 1.29 is 13.9 Å². The van der Waals surface area contributed by atoms with E-state index < -0.39 is 0 Å². The summed E-state index contributed by atoms with van der Waals surface area (Å²) in [6.07, 6.45) is 9.67. The second-order valence-corrected chi connectivity index (χ2v) is 5.97. The zero-order valence-electron chi connectivity index (χ0n) is 11.4. The maximum atomic E-state index is 12.3. The lowest BCUT2D eigenvalue weighted by molar-refractivity contribution is -0.136. The summed E-state index contributed by atoms with van der Waals surface area (Å²) in [6.45, 7) is 0.761. The van der Waals surface area contributed by atoms with Gasteiger partial charge in [-0.15, -0.1) is 0 Å². The van der Waals surface area contributed by atoms with Gasteiger partial charge in [-0.25, -0.2) is 0 Å². The van der Waals surface area contributed by atoms with Crippen LogP contribution in [0.4, 0.5) is 0 Å². The van der Waals surface area contributed by atoms with Crippen LogP contribution < -0.4 is 0 Å². The first kappa shape index (κ1) is 12.9. The molecule has 1 saturated heterocycles. The summed E-state index contributed by atoms with van der Waals surface area (Å²) < 4.78 is 11.3. The number of furan rings is 1. The highest BCUT2D eigenvalue weighted by atomic mass is 16.5. The van der Waals surface area contributed by atoms with E-state index in [4.69, 9.17) is 9.15 Å². The van der Waals surface area contributed by atoms with E-state index in [9.17, 15) is 4.79 Å². The number of hydrogen-bond donors (Lipinski definition) is 0. The van der Waals surface area contributed by atoms with Crippen LogP contribution in [0.3, 0.4) is 0 Å². The van der Waals surface area contributed by atoms with Crippen LogP contribution in [0.1, 0.15) is 50.7 Å². The molecule has 1 aromatic rings. The molecular formula is C16H22O3. The molecule has 0 N–H and O–H groups in total. The molecule has 1 unspecified atom stereocenters. The largest absolute Gasteiger partial charge is 0.469 e. The summed E-state index contributed by atoms with van der Waals surface area (Å²) in [6, 6.07) is 3.82. The van der Waals surface area contributed by atoms with Crippen LogP contribution >= 0.6 is 0 Å². The van der Waals surface area contributed by atoms with Crippen molar-refractivity contribution in [1.29, 1.82) is 0 Å². The van der Waals surface area contributed by atoms with Crippen molar-refractivity contribution in [1.82, 2.24) is 0 Å². The predicted octanol–water partition coefficient (Wildman–Crippen LogP) is 3.52. The normalized spacial score (nSPS) is 25.8. The molecule has 2 fully saturated rings. The number of hydrogen-bond acceptors (Lipinski definition) is 3. The fourth-order valence-corrected chi connectivity index (χ4v) is 3.58. The van der Waals surface area contributed by atoms with Gasteiger partial charge in [-0.2, -0.15) is 0 Å². The summed E-state index contributed by atoms with van der Waals surface area (Å²) in [7, 11) is 0. The first-order chi connectivity index (χ1) is 9.27. The monoisotopic (exact) mass is 262 g/mol. The Morgan fingerprint density at radius 1 is 1.37 bits per heavy atom. The molecule has 2 heterocycles. The van der Waals surface area contributed by atoms with E-state index in [0.29, 0.717) is 12.2 Å². The number of ether oxygens (including phenoxy) is 1. The molecule has 1 saturated carbocycles. The molecule has 0 aromatic carbocycles. The summed E-state index contributed by atoms with van der Waals surface area (Å²) in [4.78, 5) is 12.3. The van der Waals surface area contributed by atoms with Gasteiger partial charge < -0.3 is 9.15 Å². The Hall–Kier alpha value is -1.09. The first-order valence-electron chi connectivity index (χ1n) is 7.47. The van der Waals surface area contributed by atoms with E-state index in [2.05, 4.69) is 0 Å². The van der Waals surface area contributed by atoms with Crippen molar-refractivity contribution in [3.05, 3.63) is 24.2 Å².